The number of anilines is 2. The fourth-order valence-corrected chi connectivity index (χ4v) is 1.74. The topological polar surface area (TPSA) is 98.9 Å². The van der Waals surface area contributed by atoms with Gasteiger partial charge in [0.2, 0.25) is 11.9 Å². The molecule has 8 nitrogen and oxygen atoms in total. The number of hydrogen-bond donors (Lipinski definition) is 1. The average molecular weight is 271 g/mol. The Morgan fingerprint density at radius 1 is 1.30 bits per heavy atom. The van der Waals surface area contributed by atoms with Gasteiger partial charge in [0.1, 0.15) is 5.76 Å². The number of rotatable bonds is 4. The van der Waals surface area contributed by atoms with Crippen molar-refractivity contribution in [2.24, 2.45) is 0 Å². The van der Waals surface area contributed by atoms with E-state index in [1.54, 1.807) is 24.7 Å². The van der Waals surface area contributed by atoms with Gasteiger partial charge >= 0.3 is 0 Å². The minimum Gasteiger partial charge on any atom is -0.467 e. The van der Waals surface area contributed by atoms with Crippen molar-refractivity contribution in [3.8, 4) is 5.95 Å². The molecule has 0 saturated heterocycles. The summed E-state index contributed by atoms with van der Waals surface area (Å²) in [6.07, 6.45) is 5.01. The molecule has 0 aliphatic heterocycles. The lowest BCUT2D eigenvalue weighted by Crippen LogP contribution is -2.21. The molecule has 3 aromatic heterocycles. The van der Waals surface area contributed by atoms with Crippen molar-refractivity contribution in [1.29, 1.82) is 0 Å². The van der Waals surface area contributed by atoms with Crippen LogP contribution in [0, 0.1) is 0 Å². The van der Waals surface area contributed by atoms with E-state index in [0.717, 1.165) is 5.76 Å². The van der Waals surface area contributed by atoms with Crippen LogP contribution in [-0.4, -0.2) is 31.8 Å². The molecule has 0 bridgehead atoms. The first-order valence-electron chi connectivity index (χ1n) is 5.97. The van der Waals surface area contributed by atoms with Gasteiger partial charge in [0, 0.05) is 19.4 Å². The molecule has 0 aliphatic rings. The molecule has 102 valence electrons. The van der Waals surface area contributed by atoms with Crippen molar-refractivity contribution in [3.63, 3.8) is 0 Å². The molecule has 3 heterocycles. The quantitative estimate of drug-likeness (QED) is 0.751. The molecule has 0 fully saturated rings. The Hall–Kier alpha value is -2.90. The van der Waals surface area contributed by atoms with E-state index in [4.69, 9.17) is 10.2 Å². The monoisotopic (exact) mass is 271 g/mol. The lowest BCUT2D eigenvalue weighted by atomic mass is 10.4. The van der Waals surface area contributed by atoms with Crippen LogP contribution in [0.1, 0.15) is 5.76 Å². The molecular weight excluding hydrogens is 258 g/mol. The predicted molar refractivity (Wildman–Crippen MR) is 72.2 cm³/mol. The molecule has 8 heteroatoms. The summed E-state index contributed by atoms with van der Waals surface area (Å²) in [4.78, 5) is 14.3. The van der Waals surface area contributed by atoms with Gasteiger partial charge in [-0.15, -0.1) is 0 Å². The van der Waals surface area contributed by atoms with Crippen LogP contribution in [0.5, 0.6) is 0 Å². The molecule has 2 N–H and O–H groups in total. The summed E-state index contributed by atoms with van der Waals surface area (Å²) in [5, 5.41) is 4.08. The summed E-state index contributed by atoms with van der Waals surface area (Å²) in [7, 11) is 1.85. The van der Waals surface area contributed by atoms with Crippen molar-refractivity contribution >= 4 is 11.9 Å². The summed E-state index contributed by atoms with van der Waals surface area (Å²) in [5.41, 5.74) is 5.72. The molecule has 0 saturated carbocycles. The van der Waals surface area contributed by atoms with E-state index < -0.39 is 0 Å². The van der Waals surface area contributed by atoms with Crippen molar-refractivity contribution < 1.29 is 4.42 Å². The van der Waals surface area contributed by atoms with Gasteiger partial charge in [0.15, 0.2) is 0 Å². The van der Waals surface area contributed by atoms with Crippen molar-refractivity contribution in [2.45, 2.75) is 6.54 Å². The third-order valence-corrected chi connectivity index (χ3v) is 2.65. The Morgan fingerprint density at radius 2 is 2.20 bits per heavy atom. The number of nitrogens with zero attached hydrogens (tertiary/aromatic N) is 6. The first-order chi connectivity index (χ1) is 9.72. The summed E-state index contributed by atoms with van der Waals surface area (Å²) in [5.74, 6) is 1.79. The highest BCUT2D eigenvalue weighted by molar-refractivity contribution is 5.37. The van der Waals surface area contributed by atoms with E-state index in [1.807, 2.05) is 24.1 Å². The molecule has 20 heavy (non-hydrogen) atoms. The van der Waals surface area contributed by atoms with Crippen molar-refractivity contribution in [1.82, 2.24) is 24.7 Å². The van der Waals surface area contributed by atoms with Gasteiger partial charge in [-0.2, -0.15) is 20.1 Å². The zero-order valence-corrected chi connectivity index (χ0v) is 10.8. The van der Waals surface area contributed by atoms with Crippen LogP contribution in [0.3, 0.4) is 0 Å². The minimum atomic E-state index is 0.145. The molecular formula is C12H13N7O. The first-order valence-corrected chi connectivity index (χ1v) is 5.97. The SMILES string of the molecule is CN(Cc1ccco1)c1nc(N)nc(-n2cccn2)n1. The van der Waals surface area contributed by atoms with Gasteiger partial charge in [-0.3, -0.25) is 0 Å². The molecule has 0 radical (unpaired) electrons. The number of nitrogens with two attached hydrogens (primary N) is 1. The molecule has 0 amide bonds. The highest BCUT2D eigenvalue weighted by Crippen LogP contribution is 2.13. The van der Waals surface area contributed by atoms with E-state index in [9.17, 15) is 0 Å². The van der Waals surface area contributed by atoms with Crippen LogP contribution in [0.15, 0.2) is 41.3 Å². The third-order valence-electron chi connectivity index (χ3n) is 2.65. The Balaban J connectivity index is 1.89. The molecule has 0 unspecified atom stereocenters. The molecule has 0 atom stereocenters. The zero-order chi connectivity index (χ0) is 13.9. The Bertz CT molecular complexity index is 678. The van der Waals surface area contributed by atoms with Gasteiger partial charge in [-0.25, -0.2) is 4.68 Å². The number of aromatic nitrogens is 5. The third kappa shape index (κ3) is 2.44. The molecule has 3 aromatic rings. The smallest absolute Gasteiger partial charge is 0.257 e. The lowest BCUT2D eigenvalue weighted by Gasteiger charge is -2.16. The Kier molecular flexibility index (Phi) is 3.04. The van der Waals surface area contributed by atoms with Gasteiger partial charge in [-0.1, -0.05) is 0 Å². The maximum absolute atomic E-state index is 5.72. The zero-order valence-electron chi connectivity index (χ0n) is 10.8. The van der Waals surface area contributed by atoms with Crippen LogP contribution in [0.4, 0.5) is 11.9 Å². The number of furan rings is 1. The van der Waals surface area contributed by atoms with Crippen LogP contribution in [0.2, 0.25) is 0 Å². The van der Waals surface area contributed by atoms with Crippen molar-refractivity contribution in [2.75, 3.05) is 17.7 Å². The maximum atomic E-state index is 5.72. The standard InChI is InChI=1S/C12H13N7O/c1-18(8-9-4-2-7-20-9)11-15-10(13)16-12(17-11)19-6-3-5-14-19/h2-7H,8H2,1H3,(H2,13,15,16,17). The highest BCUT2D eigenvalue weighted by atomic mass is 16.3. The van der Waals surface area contributed by atoms with E-state index in [-0.39, 0.29) is 5.95 Å². The largest absolute Gasteiger partial charge is 0.467 e. The number of hydrogen-bond acceptors (Lipinski definition) is 7. The highest BCUT2D eigenvalue weighted by Gasteiger charge is 2.11. The van der Waals surface area contributed by atoms with Gasteiger partial charge in [0.25, 0.3) is 5.95 Å². The lowest BCUT2D eigenvalue weighted by molar-refractivity contribution is 0.506. The average Bonchev–Trinajstić information content (AvgIpc) is 3.11. The maximum Gasteiger partial charge on any atom is 0.257 e. The summed E-state index contributed by atoms with van der Waals surface area (Å²) in [6.45, 7) is 0.537. The predicted octanol–water partition coefficient (Wildman–Crippen LogP) is 0.869. The van der Waals surface area contributed by atoms with Crippen LogP contribution < -0.4 is 10.6 Å². The van der Waals surface area contributed by atoms with E-state index in [1.165, 1.54) is 4.68 Å². The molecule has 0 aliphatic carbocycles. The number of nitrogen functional groups attached to an aromatic ring is 1. The molecule has 3 rings (SSSR count). The summed E-state index contributed by atoms with van der Waals surface area (Å²) >= 11 is 0. The van der Waals surface area contributed by atoms with E-state index in [2.05, 4.69) is 20.1 Å². The second-order valence-corrected chi connectivity index (χ2v) is 4.18. The fourth-order valence-electron chi connectivity index (χ4n) is 1.74. The minimum absolute atomic E-state index is 0.145. The van der Waals surface area contributed by atoms with Crippen molar-refractivity contribution in [3.05, 3.63) is 42.6 Å². The van der Waals surface area contributed by atoms with Gasteiger partial charge in [0.05, 0.1) is 12.8 Å². The second kappa shape index (κ2) is 5.00. The van der Waals surface area contributed by atoms with Crippen LogP contribution in [0.25, 0.3) is 5.95 Å². The summed E-state index contributed by atoms with van der Waals surface area (Å²) in [6, 6.07) is 5.50. The Morgan fingerprint density at radius 3 is 2.90 bits per heavy atom. The van der Waals surface area contributed by atoms with Gasteiger partial charge < -0.3 is 15.1 Å². The summed E-state index contributed by atoms with van der Waals surface area (Å²) < 4.78 is 6.83. The van der Waals surface area contributed by atoms with Gasteiger partial charge in [-0.05, 0) is 18.2 Å². The molecule has 0 aromatic carbocycles. The van der Waals surface area contributed by atoms with E-state index >= 15 is 0 Å². The second-order valence-electron chi connectivity index (χ2n) is 4.18. The normalized spacial score (nSPS) is 10.7. The van der Waals surface area contributed by atoms with Crippen LogP contribution in [-0.2, 0) is 6.54 Å². The Labute approximate surface area is 114 Å². The van der Waals surface area contributed by atoms with Crippen LogP contribution >= 0.6 is 0 Å². The first kappa shape index (κ1) is 12.2. The van der Waals surface area contributed by atoms with E-state index in [0.29, 0.717) is 18.4 Å². The molecule has 0 spiro atoms. The fraction of sp³-hybridized carbons (Fsp3) is 0.167.